The van der Waals surface area contributed by atoms with E-state index in [9.17, 15) is 9.90 Å². The third-order valence-electron chi connectivity index (χ3n) is 0.748. The number of aromatic carboxylic acids is 1. The molecule has 10 heavy (non-hydrogen) atoms. The van der Waals surface area contributed by atoms with E-state index in [1.807, 2.05) is 0 Å². The summed E-state index contributed by atoms with van der Waals surface area (Å²) in [7, 11) is 0. The molecule has 0 aliphatic heterocycles. The van der Waals surface area contributed by atoms with E-state index >= 15 is 0 Å². The Kier molecular flexibility index (Phi) is 4.18. The van der Waals surface area contributed by atoms with Gasteiger partial charge in [-0.15, -0.1) is 0 Å². The van der Waals surface area contributed by atoms with Crippen LogP contribution in [0.1, 0.15) is 10.6 Å². The van der Waals surface area contributed by atoms with Crippen molar-refractivity contribution in [1.29, 1.82) is 0 Å². The molecule has 5 heteroatoms. The van der Waals surface area contributed by atoms with E-state index in [1.165, 1.54) is 18.5 Å². The predicted molar refractivity (Wildman–Crippen MR) is 26.4 cm³/mol. The molecule has 0 spiro atoms. The molecule has 0 amide bonds. The third kappa shape index (κ3) is 2.43. The van der Waals surface area contributed by atoms with Gasteiger partial charge in [0, 0.05) is 12.4 Å². The predicted octanol–water partition coefficient (Wildman–Crippen LogP) is -4.16. The van der Waals surface area contributed by atoms with E-state index in [0.717, 1.165) is 0 Å². The molecule has 0 saturated carbocycles. The maximum absolute atomic E-state index is 9.96. The SMILES string of the molecule is O=C([O-])c1ncccn1.[Na+]. The smallest absolute Gasteiger partial charge is 0.542 e. The van der Waals surface area contributed by atoms with E-state index in [0.29, 0.717) is 0 Å². The second-order valence-corrected chi connectivity index (χ2v) is 1.36. The van der Waals surface area contributed by atoms with Gasteiger partial charge >= 0.3 is 29.6 Å². The molecule has 0 radical (unpaired) electrons. The van der Waals surface area contributed by atoms with Crippen molar-refractivity contribution in [3.8, 4) is 0 Å². The fourth-order valence-corrected chi connectivity index (χ4v) is 0.405. The van der Waals surface area contributed by atoms with E-state index in [-0.39, 0.29) is 35.4 Å². The molecule has 0 N–H and O–H groups in total. The summed E-state index contributed by atoms with van der Waals surface area (Å²) in [6.45, 7) is 0. The Balaban J connectivity index is 0.000000810. The topological polar surface area (TPSA) is 65.9 Å². The van der Waals surface area contributed by atoms with E-state index in [1.54, 1.807) is 0 Å². The van der Waals surface area contributed by atoms with Crippen molar-refractivity contribution in [3.63, 3.8) is 0 Å². The molecule has 0 aliphatic carbocycles. The number of rotatable bonds is 1. The monoisotopic (exact) mass is 146 g/mol. The Morgan fingerprint density at radius 2 is 1.90 bits per heavy atom. The van der Waals surface area contributed by atoms with Crippen molar-refractivity contribution < 1.29 is 39.5 Å². The summed E-state index contributed by atoms with van der Waals surface area (Å²) in [5, 5.41) is 9.96. The number of carbonyl (C=O) groups is 1. The summed E-state index contributed by atoms with van der Waals surface area (Å²) in [5.74, 6) is -1.63. The maximum atomic E-state index is 9.96. The maximum Gasteiger partial charge on any atom is 1.00 e. The molecule has 0 atom stereocenters. The van der Waals surface area contributed by atoms with Gasteiger partial charge in [-0.3, -0.25) is 0 Å². The molecule has 0 saturated heterocycles. The second-order valence-electron chi connectivity index (χ2n) is 1.36. The van der Waals surface area contributed by atoms with Gasteiger partial charge in [0.15, 0.2) is 5.82 Å². The van der Waals surface area contributed by atoms with Crippen LogP contribution in [0.4, 0.5) is 0 Å². The summed E-state index contributed by atoms with van der Waals surface area (Å²) in [4.78, 5) is 16.8. The number of nitrogens with zero attached hydrogens (tertiary/aromatic N) is 2. The molecule has 1 aromatic heterocycles. The molecule has 4 nitrogen and oxygen atoms in total. The molecular formula is C5H3N2NaO2. The Morgan fingerprint density at radius 3 is 2.20 bits per heavy atom. The molecule has 0 bridgehead atoms. The minimum atomic E-state index is -1.35. The summed E-state index contributed by atoms with van der Waals surface area (Å²) in [6, 6.07) is 1.53. The van der Waals surface area contributed by atoms with Gasteiger partial charge < -0.3 is 9.90 Å². The van der Waals surface area contributed by atoms with Crippen molar-refractivity contribution in [2.24, 2.45) is 0 Å². The Bertz CT molecular complexity index is 214. The van der Waals surface area contributed by atoms with Crippen LogP contribution in [0.3, 0.4) is 0 Å². The summed E-state index contributed by atoms with van der Waals surface area (Å²) < 4.78 is 0. The minimum absolute atomic E-state index is 0. The quantitative estimate of drug-likeness (QED) is 0.377. The van der Waals surface area contributed by atoms with Crippen LogP contribution >= 0.6 is 0 Å². The Morgan fingerprint density at radius 1 is 1.40 bits per heavy atom. The number of aromatic nitrogens is 2. The molecule has 1 heterocycles. The first-order chi connectivity index (χ1) is 4.30. The van der Waals surface area contributed by atoms with Crippen molar-refractivity contribution in [2.45, 2.75) is 0 Å². The first-order valence-corrected chi connectivity index (χ1v) is 2.29. The van der Waals surface area contributed by atoms with Gasteiger partial charge in [0.1, 0.15) is 5.97 Å². The number of hydrogen-bond donors (Lipinski definition) is 0. The summed E-state index contributed by atoms with van der Waals surface area (Å²) >= 11 is 0. The number of carbonyl (C=O) groups excluding carboxylic acids is 1. The largest absolute Gasteiger partial charge is 1.00 e. The number of hydrogen-bond acceptors (Lipinski definition) is 4. The van der Waals surface area contributed by atoms with Gasteiger partial charge in [-0.2, -0.15) is 0 Å². The average Bonchev–Trinajstić information content (AvgIpc) is 1.90. The fraction of sp³-hybridized carbons (Fsp3) is 0. The number of carboxylic acid groups (broad SMARTS) is 1. The Labute approximate surface area is 79.6 Å². The molecule has 1 rings (SSSR count). The summed E-state index contributed by atoms with van der Waals surface area (Å²) in [6.07, 6.45) is 2.69. The zero-order valence-electron chi connectivity index (χ0n) is 5.44. The van der Waals surface area contributed by atoms with Crippen LogP contribution in [0.2, 0.25) is 0 Å². The van der Waals surface area contributed by atoms with Crippen molar-refractivity contribution in [2.75, 3.05) is 0 Å². The third-order valence-corrected chi connectivity index (χ3v) is 0.748. The fourth-order valence-electron chi connectivity index (χ4n) is 0.405. The van der Waals surface area contributed by atoms with Gasteiger partial charge in [-0.1, -0.05) is 0 Å². The molecule has 0 fully saturated rings. The molecule has 0 aromatic carbocycles. The molecule has 0 unspecified atom stereocenters. The second kappa shape index (κ2) is 4.38. The van der Waals surface area contributed by atoms with Gasteiger partial charge in [0.05, 0.1) is 0 Å². The molecule has 46 valence electrons. The molecular weight excluding hydrogens is 143 g/mol. The standard InChI is InChI=1S/C5H4N2O2.Na/c8-5(9)4-6-2-1-3-7-4;/h1-3H,(H,8,9);/q;+1/p-1. The minimum Gasteiger partial charge on any atom is -0.542 e. The van der Waals surface area contributed by atoms with Crippen LogP contribution in [-0.4, -0.2) is 15.9 Å². The van der Waals surface area contributed by atoms with Crippen LogP contribution in [0.25, 0.3) is 0 Å². The van der Waals surface area contributed by atoms with Crippen molar-refractivity contribution in [3.05, 3.63) is 24.3 Å². The zero-order valence-corrected chi connectivity index (χ0v) is 7.44. The molecule has 1 aromatic rings. The van der Waals surface area contributed by atoms with Crippen LogP contribution < -0.4 is 34.7 Å². The van der Waals surface area contributed by atoms with Gasteiger partial charge in [0.25, 0.3) is 0 Å². The van der Waals surface area contributed by atoms with Crippen LogP contribution in [0, 0.1) is 0 Å². The number of carboxylic acids is 1. The summed E-state index contributed by atoms with van der Waals surface area (Å²) in [5.41, 5.74) is 0. The van der Waals surface area contributed by atoms with Gasteiger partial charge in [-0.05, 0) is 6.07 Å². The normalized spacial score (nSPS) is 8.00. The van der Waals surface area contributed by atoms with Gasteiger partial charge in [0.2, 0.25) is 0 Å². The van der Waals surface area contributed by atoms with Crippen molar-refractivity contribution in [1.82, 2.24) is 9.97 Å². The van der Waals surface area contributed by atoms with E-state index in [2.05, 4.69) is 9.97 Å². The first-order valence-electron chi connectivity index (χ1n) is 2.29. The van der Waals surface area contributed by atoms with Crippen LogP contribution in [0.5, 0.6) is 0 Å². The van der Waals surface area contributed by atoms with Crippen molar-refractivity contribution >= 4 is 5.97 Å². The molecule has 0 aliphatic rings. The van der Waals surface area contributed by atoms with E-state index in [4.69, 9.17) is 0 Å². The van der Waals surface area contributed by atoms with Crippen LogP contribution in [-0.2, 0) is 0 Å². The average molecular weight is 146 g/mol. The van der Waals surface area contributed by atoms with Crippen LogP contribution in [0.15, 0.2) is 18.5 Å². The first kappa shape index (κ1) is 9.55. The zero-order chi connectivity index (χ0) is 6.69. The van der Waals surface area contributed by atoms with E-state index < -0.39 is 5.97 Å². The van der Waals surface area contributed by atoms with Gasteiger partial charge in [-0.25, -0.2) is 9.97 Å². The Hall–Kier alpha value is -0.450.